The Morgan fingerprint density at radius 3 is 2.30 bits per heavy atom. The van der Waals surface area contributed by atoms with Gasteiger partial charge in [-0.15, -0.1) is 12.4 Å². The summed E-state index contributed by atoms with van der Waals surface area (Å²) in [4.78, 5) is 2.48. The van der Waals surface area contributed by atoms with E-state index in [1.165, 1.54) is 5.56 Å². The number of hydrogen-bond donors (Lipinski definition) is 1. The number of hydrogen-bond acceptors (Lipinski definition) is 5. The molecule has 1 heterocycles. The number of halogens is 1. The van der Waals surface area contributed by atoms with Crippen molar-refractivity contribution in [2.75, 3.05) is 33.9 Å². The van der Waals surface area contributed by atoms with E-state index >= 15 is 0 Å². The lowest BCUT2D eigenvalue weighted by molar-refractivity contribution is 0.138. The summed E-state index contributed by atoms with van der Waals surface area (Å²) in [5.74, 6) is 2.14. The SMILES string of the molecule is CCOc1c(OC)cc(CN2CC(C)NCC2C)cc1OC.Cl. The van der Waals surface area contributed by atoms with E-state index in [9.17, 15) is 0 Å². The number of rotatable bonds is 6. The first-order valence-electron chi connectivity index (χ1n) is 7.94. The van der Waals surface area contributed by atoms with Gasteiger partial charge < -0.3 is 19.5 Å². The van der Waals surface area contributed by atoms with Crippen LogP contribution < -0.4 is 19.5 Å². The van der Waals surface area contributed by atoms with Crippen molar-refractivity contribution in [1.29, 1.82) is 0 Å². The molecule has 0 saturated carbocycles. The quantitative estimate of drug-likeness (QED) is 0.859. The summed E-state index contributed by atoms with van der Waals surface area (Å²) in [5, 5.41) is 3.51. The van der Waals surface area contributed by atoms with Gasteiger partial charge in [-0.05, 0) is 38.5 Å². The molecule has 0 aliphatic carbocycles. The first-order valence-corrected chi connectivity index (χ1v) is 7.94. The fraction of sp³-hybridized carbons (Fsp3) is 0.647. The Labute approximate surface area is 145 Å². The highest BCUT2D eigenvalue weighted by atomic mass is 35.5. The van der Waals surface area contributed by atoms with Crippen LogP contribution in [-0.4, -0.2) is 50.9 Å². The third-order valence-electron chi connectivity index (χ3n) is 4.09. The molecule has 2 atom stereocenters. The summed E-state index contributed by atoms with van der Waals surface area (Å²) < 4.78 is 16.6. The molecule has 132 valence electrons. The molecule has 1 aromatic carbocycles. The Morgan fingerprint density at radius 1 is 1.17 bits per heavy atom. The summed E-state index contributed by atoms with van der Waals surface area (Å²) in [6, 6.07) is 5.13. The molecule has 2 unspecified atom stereocenters. The highest BCUT2D eigenvalue weighted by molar-refractivity contribution is 5.85. The van der Waals surface area contributed by atoms with Crippen LogP contribution in [0, 0.1) is 0 Å². The van der Waals surface area contributed by atoms with Crippen LogP contribution in [0.5, 0.6) is 17.2 Å². The zero-order valence-corrected chi connectivity index (χ0v) is 15.5. The molecule has 2 rings (SSSR count). The average molecular weight is 345 g/mol. The number of methoxy groups -OCH3 is 2. The van der Waals surface area contributed by atoms with E-state index in [2.05, 4.69) is 24.1 Å². The highest BCUT2D eigenvalue weighted by Crippen LogP contribution is 2.39. The minimum absolute atomic E-state index is 0. The molecule has 1 aromatic rings. The molecule has 1 saturated heterocycles. The van der Waals surface area contributed by atoms with Crippen molar-refractivity contribution in [1.82, 2.24) is 10.2 Å². The summed E-state index contributed by atoms with van der Waals surface area (Å²) >= 11 is 0. The Kier molecular flexibility index (Phi) is 7.95. The van der Waals surface area contributed by atoms with E-state index in [-0.39, 0.29) is 12.4 Å². The zero-order chi connectivity index (χ0) is 16.1. The lowest BCUT2D eigenvalue weighted by Gasteiger charge is -2.37. The summed E-state index contributed by atoms with van der Waals surface area (Å²) in [6.45, 7) is 9.95. The molecule has 0 bridgehead atoms. The van der Waals surface area contributed by atoms with Crippen molar-refractivity contribution in [3.63, 3.8) is 0 Å². The number of nitrogens with zero attached hydrogens (tertiary/aromatic N) is 1. The molecule has 0 radical (unpaired) electrons. The molecule has 1 fully saturated rings. The zero-order valence-electron chi connectivity index (χ0n) is 14.7. The van der Waals surface area contributed by atoms with Gasteiger partial charge in [-0.25, -0.2) is 0 Å². The van der Waals surface area contributed by atoms with Gasteiger partial charge in [0.25, 0.3) is 0 Å². The molecular formula is C17H29ClN2O3. The van der Waals surface area contributed by atoms with Crippen molar-refractivity contribution in [2.45, 2.75) is 39.4 Å². The van der Waals surface area contributed by atoms with Crippen molar-refractivity contribution in [3.8, 4) is 17.2 Å². The Hall–Kier alpha value is -1.17. The number of nitrogens with one attached hydrogen (secondary N) is 1. The van der Waals surface area contributed by atoms with E-state index in [1.54, 1.807) is 14.2 Å². The van der Waals surface area contributed by atoms with Crippen molar-refractivity contribution in [3.05, 3.63) is 17.7 Å². The summed E-state index contributed by atoms with van der Waals surface area (Å²) in [5.41, 5.74) is 1.18. The van der Waals surface area contributed by atoms with E-state index in [0.717, 1.165) is 31.1 Å². The van der Waals surface area contributed by atoms with Gasteiger partial charge in [0.15, 0.2) is 11.5 Å². The van der Waals surface area contributed by atoms with Gasteiger partial charge in [-0.2, -0.15) is 0 Å². The standard InChI is InChI=1S/C17H28N2O3.ClH/c1-6-22-17-15(20-4)7-14(8-16(17)21-5)11-19-10-12(2)18-9-13(19)3;/h7-8,12-13,18H,6,9-11H2,1-5H3;1H. The van der Waals surface area contributed by atoms with Gasteiger partial charge >= 0.3 is 0 Å². The average Bonchev–Trinajstić information content (AvgIpc) is 2.52. The Morgan fingerprint density at radius 2 is 1.78 bits per heavy atom. The minimum Gasteiger partial charge on any atom is -0.493 e. The lowest BCUT2D eigenvalue weighted by atomic mass is 10.1. The van der Waals surface area contributed by atoms with E-state index < -0.39 is 0 Å². The molecule has 1 aliphatic rings. The van der Waals surface area contributed by atoms with E-state index in [1.807, 2.05) is 19.1 Å². The number of ether oxygens (including phenoxy) is 3. The molecule has 6 heteroatoms. The number of piperazine rings is 1. The van der Waals surface area contributed by atoms with Crippen LogP contribution in [0.4, 0.5) is 0 Å². The second kappa shape index (κ2) is 9.21. The Balaban J connectivity index is 0.00000264. The summed E-state index contributed by atoms with van der Waals surface area (Å²) in [7, 11) is 3.33. The smallest absolute Gasteiger partial charge is 0.203 e. The summed E-state index contributed by atoms with van der Waals surface area (Å²) in [6.07, 6.45) is 0. The van der Waals surface area contributed by atoms with Crippen LogP contribution >= 0.6 is 12.4 Å². The topological polar surface area (TPSA) is 43.0 Å². The van der Waals surface area contributed by atoms with Gasteiger partial charge in [0.1, 0.15) is 0 Å². The second-order valence-electron chi connectivity index (χ2n) is 5.85. The van der Waals surface area contributed by atoms with Gasteiger partial charge in [0, 0.05) is 31.7 Å². The Bertz CT molecular complexity index is 474. The van der Waals surface area contributed by atoms with Crippen molar-refractivity contribution in [2.24, 2.45) is 0 Å². The molecule has 0 spiro atoms. The molecule has 5 nitrogen and oxygen atoms in total. The molecule has 1 aliphatic heterocycles. The van der Waals surface area contributed by atoms with Crippen LogP contribution in [0.25, 0.3) is 0 Å². The third kappa shape index (κ3) is 4.90. The predicted octanol–water partition coefficient (Wildman–Crippen LogP) is 2.71. The van der Waals surface area contributed by atoms with E-state index in [0.29, 0.717) is 24.4 Å². The maximum absolute atomic E-state index is 5.66. The van der Waals surface area contributed by atoms with Crippen LogP contribution in [0.2, 0.25) is 0 Å². The van der Waals surface area contributed by atoms with E-state index in [4.69, 9.17) is 14.2 Å². The van der Waals surface area contributed by atoms with Gasteiger partial charge in [0.2, 0.25) is 5.75 Å². The van der Waals surface area contributed by atoms with Gasteiger partial charge in [0.05, 0.1) is 20.8 Å². The first kappa shape index (κ1) is 19.9. The maximum atomic E-state index is 5.66. The van der Waals surface area contributed by atoms with Crippen LogP contribution in [0.15, 0.2) is 12.1 Å². The maximum Gasteiger partial charge on any atom is 0.203 e. The molecular weight excluding hydrogens is 316 g/mol. The fourth-order valence-corrected chi connectivity index (χ4v) is 2.86. The molecule has 0 amide bonds. The second-order valence-corrected chi connectivity index (χ2v) is 5.85. The fourth-order valence-electron chi connectivity index (χ4n) is 2.86. The monoisotopic (exact) mass is 344 g/mol. The van der Waals surface area contributed by atoms with Crippen LogP contribution in [0.1, 0.15) is 26.3 Å². The minimum atomic E-state index is 0. The molecule has 0 aromatic heterocycles. The lowest BCUT2D eigenvalue weighted by Crippen LogP contribution is -2.53. The predicted molar refractivity (Wildman–Crippen MR) is 95.3 cm³/mol. The van der Waals surface area contributed by atoms with Gasteiger partial charge in [-0.3, -0.25) is 4.90 Å². The highest BCUT2D eigenvalue weighted by Gasteiger charge is 2.23. The molecule has 23 heavy (non-hydrogen) atoms. The van der Waals surface area contributed by atoms with Crippen LogP contribution in [0.3, 0.4) is 0 Å². The van der Waals surface area contributed by atoms with Gasteiger partial charge in [-0.1, -0.05) is 0 Å². The first-order chi connectivity index (χ1) is 10.6. The van der Waals surface area contributed by atoms with Crippen molar-refractivity contribution < 1.29 is 14.2 Å². The number of benzene rings is 1. The largest absolute Gasteiger partial charge is 0.493 e. The molecule has 1 N–H and O–H groups in total. The van der Waals surface area contributed by atoms with Crippen molar-refractivity contribution >= 4 is 12.4 Å². The van der Waals surface area contributed by atoms with Crippen LogP contribution in [-0.2, 0) is 6.54 Å². The normalized spacial score (nSPS) is 21.4. The third-order valence-corrected chi connectivity index (χ3v) is 4.09.